The first-order chi connectivity index (χ1) is 16.8. The average Bonchev–Trinajstić information content (AvgIpc) is 3.42. The van der Waals surface area contributed by atoms with Crippen LogP contribution in [0.1, 0.15) is 5.56 Å². The first-order valence-electron chi connectivity index (χ1n) is 11.1. The van der Waals surface area contributed by atoms with Gasteiger partial charge in [-0.3, -0.25) is 4.98 Å². The van der Waals surface area contributed by atoms with Crippen LogP contribution in [0.4, 0.5) is 0 Å². The summed E-state index contributed by atoms with van der Waals surface area (Å²) >= 11 is 0. The van der Waals surface area contributed by atoms with Crippen molar-refractivity contribution in [3.63, 3.8) is 0 Å². The van der Waals surface area contributed by atoms with Crippen LogP contribution >= 0.6 is 0 Å². The van der Waals surface area contributed by atoms with Crippen LogP contribution in [0.2, 0.25) is 0 Å². The molecule has 158 valence electrons. The highest BCUT2D eigenvalue weighted by atomic mass is 16.3. The normalized spacial score (nSPS) is 11.5. The van der Waals surface area contributed by atoms with Gasteiger partial charge in [-0.1, -0.05) is 54.6 Å². The van der Waals surface area contributed by atoms with E-state index in [2.05, 4.69) is 70.2 Å². The van der Waals surface area contributed by atoms with Crippen LogP contribution in [0.15, 0.2) is 108 Å². The molecule has 0 unspecified atom stereocenters. The Kier molecular flexibility index (Phi) is 3.88. The van der Waals surface area contributed by atoms with Gasteiger partial charge in [-0.25, -0.2) is 0 Å². The van der Waals surface area contributed by atoms with Crippen LogP contribution in [-0.2, 0) is 0 Å². The van der Waals surface area contributed by atoms with Crippen LogP contribution in [0.3, 0.4) is 0 Å². The molecule has 7 aromatic rings. The minimum Gasteiger partial charge on any atom is -0.456 e. The molecule has 4 nitrogen and oxygen atoms in total. The molecular formula is C30H17N3O. The third-order valence-electron chi connectivity index (χ3n) is 6.48. The smallest absolute Gasteiger partial charge is 0.136 e. The van der Waals surface area contributed by atoms with E-state index < -0.39 is 0 Å². The lowest BCUT2D eigenvalue weighted by molar-refractivity contribution is 0.669. The van der Waals surface area contributed by atoms with Crippen LogP contribution in [0, 0.1) is 11.3 Å². The zero-order valence-electron chi connectivity index (χ0n) is 18.1. The van der Waals surface area contributed by atoms with Gasteiger partial charge in [0.2, 0.25) is 0 Å². The minimum absolute atomic E-state index is 0.591. The number of benzene rings is 4. The molecule has 0 saturated carbocycles. The van der Waals surface area contributed by atoms with Crippen molar-refractivity contribution in [2.45, 2.75) is 0 Å². The highest BCUT2D eigenvalue weighted by Crippen LogP contribution is 2.39. The molecule has 3 heterocycles. The summed E-state index contributed by atoms with van der Waals surface area (Å²) in [4.78, 5) is 4.59. The Morgan fingerprint density at radius 2 is 1.47 bits per heavy atom. The van der Waals surface area contributed by atoms with Gasteiger partial charge in [0.15, 0.2) is 0 Å². The van der Waals surface area contributed by atoms with Crippen LogP contribution < -0.4 is 0 Å². The van der Waals surface area contributed by atoms with Crippen molar-refractivity contribution in [3.05, 3.63) is 109 Å². The molecule has 0 aliphatic carbocycles. The molecule has 3 aromatic heterocycles. The maximum atomic E-state index is 9.42. The van der Waals surface area contributed by atoms with Crippen molar-refractivity contribution in [2.75, 3.05) is 0 Å². The van der Waals surface area contributed by atoms with E-state index in [1.165, 1.54) is 0 Å². The van der Waals surface area contributed by atoms with Crippen molar-refractivity contribution >= 4 is 43.7 Å². The van der Waals surface area contributed by atoms with Crippen molar-refractivity contribution in [1.82, 2.24) is 9.55 Å². The second kappa shape index (κ2) is 7.06. The Hall–Kier alpha value is -4.88. The number of aromatic nitrogens is 2. The van der Waals surface area contributed by atoms with Gasteiger partial charge in [0.1, 0.15) is 11.2 Å². The van der Waals surface area contributed by atoms with Crippen molar-refractivity contribution < 1.29 is 4.42 Å². The van der Waals surface area contributed by atoms with Gasteiger partial charge in [0.25, 0.3) is 0 Å². The van der Waals surface area contributed by atoms with E-state index >= 15 is 0 Å². The molecule has 0 spiro atoms. The lowest BCUT2D eigenvalue weighted by Gasteiger charge is -2.13. The van der Waals surface area contributed by atoms with Gasteiger partial charge >= 0.3 is 0 Å². The second-order valence-electron chi connectivity index (χ2n) is 8.38. The summed E-state index contributed by atoms with van der Waals surface area (Å²) in [5, 5.41) is 13.9. The molecule has 0 radical (unpaired) electrons. The SMILES string of the molecule is N#Cc1ccnc(-c2ccccc2-n2c3ccccc3c3cc4oc5ccccc5c4cc32)c1. The Morgan fingerprint density at radius 3 is 2.38 bits per heavy atom. The van der Waals surface area contributed by atoms with Crippen molar-refractivity contribution in [2.24, 2.45) is 0 Å². The predicted octanol–water partition coefficient (Wildman–Crippen LogP) is 7.62. The van der Waals surface area contributed by atoms with Gasteiger partial charge in [-0.05, 0) is 42.5 Å². The fourth-order valence-electron chi connectivity index (χ4n) is 4.98. The number of hydrogen-bond acceptors (Lipinski definition) is 3. The largest absolute Gasteiger partial charge is 0.456 e. The highest BCUT2D eigenvalue weighted by molar-refractivity contribution is 6.17. The Morgan fingerprint density at radius 1 is 0.676 bits per heavy atom. The van der Waals surface area contributed by atoms with Crippen LogP contribution in [0.5, 0.6) is 0 Å². The van der Waals surface area contributed by atoms with E-state index in [1.807, 2.05) is 36.4 Å². The molecule has 0 saturated heterocycles. The number of furan rings is 1. The number of rotatable bonds is 2. The maximum absolute atomic E-state index is 9.42. The summed E-state index contributed by atoms with van der Waals surface area (Å²) in [7, 11) is 0. The molecular weight excluding hydrogens is 418 g/mol. The molecule has 0 aliphatic heterocycles. The number of nitrogens with zero attached hydrogens (tertiary/aromatic N) is 3. The molecule has 0 atom stereocenters. The summed E-state index contributed by atoms with van der Waals surface area (Å²) in [6, 6.07) is 35.0. The van der Waals surface area contributed by atoms with Gasteiger partial charge in [-0.15, -0.1) is 0 Å². The molecule has 0 N–H and O–H groups in total. The number of para-hydroxylation sites is 3. The zero-order valence-corrected chi connectivity index (χ0v) is 18.1. The predicted molar refractivity (Wildman–Crippen MR) is 136 cm³/mol. The Labute approximate surface area is 194 Å². The third-order valence-corrected chi connectivity index (χ3v) is 6.48. The molecule has 4 heteroatoms. The quantitative estimate of drug-likeness (QED) is 0.281. The minimum atomic E-state index is 0.591. The zero-order chi connectivity index (χ0) is 22.6. The second-order valence-corrected chi connectivity index (χ2v) is 8.38. The summed E-state index contributed by atoms with van der Waals surface area (Å²) in [5.74, 6) is 0. The Bertz CT molecular complexity index is 1930. The topological polar surface area (TPSA) is 54.8 Å². The highest BCUT2D eigenvalue weighted by Gasteiger charge is 2.18. The average molecular weight is 435 g/mol. The number of fused-ring (bicyclic) bond motifs is 6. The van der Waals surface area contributed by atoms with Gasteiger partial charge < -0.3 is 8.98 Å². The van der Waals surface area contributed by atoms with E-state index in [-0.39, 0.29) is 0 Å². The standard InChI is InChI=1S/C30H17N3O/c31-18-19-13-14-32-25(15-19)22-9-2-5-11-27(22)33-26-10-4-1-7-20(26)23-17-30-24(16-28(23)33)21-8-3-6-12-29(21)34-30/h1-17H. The first-order valence-corrected chi connectivity index (χ1v) is 11.1. The molecule has 0 fully saturated rings. The molecule has 0 bridgehead atoms. The summed E-state index contributed by atoms with van der Waals surface area (Å²) < 4.78 is 8.49. The summed E-state index contributed by atoms with van der Waals surface area (Å²) in [5.41, 5.74) is 7.33. The van der Waals surface area contributed by atoms with E-state index in [0.717, 1.165) is 60.7 Å². The third kappa shape index (κ3) is 2.61. The molecule has 7 rings (SSSR count). The van der Waals surface area contributed by atoms with Gasteiger partial charge in [-0.2, -0.15) is 5.26 Å². The van der Waals surface area contributed by atoms with E-state index in [0.29, 0.717) is 5.56 Å². The number of hydrogen-bond donors (Lipinski definition) is 0. The van der Waals surface area contributed by atoms with Crippen LogP contribution in [-0.4, -0.2) is 9.55 Å². The molecule has 34 heavy (non-hydrogen) atoms. The lowest BCUT2D eigenvalue weighted by atomic mass is 10.1. The number of nitriles is 1. The van der Waals surface area contributed by atoms with E-state index in [1.54, 1.807) is 12.3 Å². The molecule has 4 aromatic carbocycles. The summed E-state index contributed by atoms with van der Waals surface area (Å²) in [6.07, 6.45) is 1.69. The van der Waals surface area contributed by atoms with Crippen molar-refractivity contribution in [1.29, 1.82) is 5.26 Å². The molecule has 0 amide bonds. The summed E-state index contributed by atoms with van der Waals surface area (Å²) in [6.45, 7) is 0. The van der Waals surface area contributed by atoms with Crippen LogP contribution in [0.25, 0.3) is 60.7 Å². The lowest BCUT2D eigenvalue weighted by Crippen LogP contribution is -1.98. The monoisotopic (exact) mass is 435 g/mol. The van der Waals surface area contributed by atoms with Gasteiger partial charge in [0, 0.05) is 33.3 Å². The molecule has 0 aliphatic rings. The fraction of sp³-hybridized carbons (Fsp3) is 0. The number of pyridine rings is 1. The fourth-order valence-corrected chi connectivity index (χ4v) is 4.98. The van der Waals surface area contributed by atoms with E-state index in [9.17, 15) is 5.26 Å². The Balaban J connectivity index is 1.62. The van der Waals surface area contributed by atoms with Gasteiger partial charge in [0.05, 0.1) is 34.0 Å². The van der Waals surface area contributed by atoms with E-state index in [4.69, 9.17) is 4.42 Å². The van der Waals surface area contributed by atoms with Crippen molar-refractivity contribution in [3.8, 4) is 23.0 Å². The first kappa shape index (κ1) is 18.7. The maximum Gasteiger partial charge on any atom is 0.136 e.